The summed E-state index contributed by atoms with van der Waals surface area (Å²) < 4.78 is 0. The molecule has 110 valence electrons. The van der Waals surface area contributed by atoms with Crippen LogP contribution < -0.4 is 11.1 Å². The van der Waals surface area contributed by atoms with E-state index in [0.717, 1.165) is 12.1 Å². The maximum Gasteiger partial charge on any atom is 0.253 e. The molecule has 3 N–H and O–H groups in total. The SMILES string of the molecule is CN(C)Cc1ccccc1CNC(=O)c1ccccc1N. The third-order valence-corrected chi connectivity index (χ3v) is 3.25. The molecule has 0 spiro atoms. The van der Waals surface area contributed by atoms with Gasteiger partial charge in [0.1, 0.15) is 0 Å². The van der Waals surface area contributed by atoms with Gasteiger partial charge in [-0.05, 0) is 37.4 Å². The molecule has 0 fully saturated rings. The number of amides is 1. The molecule has 2 rings (SSSR count). The molecule has 1 amide bonds. The van der Waals surface area contributed by atoms with Crippen molar-refractivity contribution in [1.82, 2.24) is 10.2 Å². The lowest BCUT2D eigenvalue weighted by atomic mass is 10.1. The topological polar surface area (TPSA) is 58.4 Å². The second-order valence-corrected chi connectivity index (χ2v) is 5.28. The standard InChI is InChI=1S/C17H21N3O/c1-20(2)12-14-8-4-3-7-13(14)11-19-17(21)15-9-5-6-10-16(15)18/h3-10H,11-12,18H2,1-2H3,(H,19,21). The number of hydrogen-bond donors (Lipinski definition) is 2. The first-order valence-corrected chi connectivity index (χ1v) is 6.92. The number of hydrogen-bond acceptors (Lipinski definition) is 3. The molecular weight excluding hydrogens is 262 g/mol. The van der Waals surface area contributed by atoms with Crippen molar-refractivity contribution in [2.24, 2.45) is 0 Å². The van der Waals surface area contributed by atoms with E-state index in [4.69, 9.17) is 5.73 Å². The van der Waals surface area contributed by atoms with Gasteiger partial charge in [-0.2, -0.15) is 0 Å². The van der Waals surface area contributed by atoms with Crippen molar-refractivity contribution < 1.29 is 4.79 Å². The highest BCUT2D eigenvalue weighted by molar-refractivity contribution is 5.99. The molecule has 2 aromatic rings. The summed E-state index contributed by atoms with van der Waals surface area (Å²) in [6, 6.07) is 15.2. The number of nitrogens with two attached hydrogens (primary N) is 1. The van der Waals surface area contributed by atoms with Crippen LogP contribution in [0, 0.1) is 0 Å². The Morgan fingerprint density at radius 1 is 1.05 bits per heavy atom. The van der Waals surface area contributed by atoms with Gasteiger partial charge in [0.05, 0.1) is 5.56 Å². The van der Waals surface area contributed by atoms with Crippen LogP contribution in [-0.2, 0) is 13.1 Å². The molecule has 0 radical (unpaired) electrons. The third kappa shape index (κ3) is 4.07. The first kappa shape index (κ1) is 15.1. The van der Waals surface area contributed by atoms with Crippen molar-refractivity contribution in [2.45, 2.75) is 13.1 Å². The molecule has 4 heteroatoms. The Labute approximate surface area is 125 Å². The summed E-state index contributed by atoms with van der Waals surface area (Å²) in [5, 5.41) is 2.93. The average molecular weight is 283 g/mol. The molecule has 0 aliphatic heterocycles. The predicted octanol–water partition coefficient (Wildman–Crippen LogP) is 2.26. The zero-order valence-corrected chi connectivity index (χ0v) is 12.5. The zero-order valence-electron chi connectivity index (χ0n) is 12.5. The summed E-state index contributed by atoms with van der Waals surface area (Å²) in [6.07, 6.45) is 0. The van der Waals surface area contributed by atoms with Gasteiger partial charge in [0.15, 0.2) is 0 Å². The molecule has 0 heterocycles. The molecule has 0 atom stereocenters. The minimum Gasteiger partial charge on any atom is -0.398 e. The summed E-state index contributed by atoms with van der Waals surface area (Å²) >= 11 is 0. The van der Waals surface area contributed by atoms with E-state index < -0.39 is 0 Å². The lowest BCUT2D eigenvalue weighted by Crippen LogP contribution is -2.25. The Balaban J connectivity index is 2.07. The van der Waals surface area contributed by atoms with Gasteiger partial charge in [-0.3, -0.25) is 4.79 Å². The fourth-order valence-corrected chi connectivity index (χ4v) is 2.20. The van der Waals surface area contributed by atoms with Gasteiger partial charge >= 0.3 is 0 Å². The molecule has 21 heavy (non-hydrogen) atoms. The van der Waals surface area contributed by atoms with Gasteiger partial charge < -0.3 is 16.0 Å². The molecule has 0 saturated heterocycles. The minimum atomic E-state index is -0.146. The molecule has 4 nitrogen and oxygen atoms in total. The van der Waals surface area contributed by atoms with Gasteiger partial charge in [0.2, 0.25) is 0 Å². The highest BCUT2D eigenvalue weighted by atomic mass is 16.1. The van der Waals surface area contributed by atoms with Gasteiger partial charge in [0.25, 0.3) is 5.91 Å². The molecule has 2 aromatic carbocycles. The monoisotopic (exact) mass is 283 g/mol. The number of nitrogen functional groups attached to an aromatic ring is 1. The quantitative estimate of drug-likeness (QED) is 0.828. The highest BCUT2D eigenvalue weighted by Crippen LogP contribution is 2.13. The van der Waals surface area contributed by atoms with Crippen molar-refractivity contribution >= 4 is 11.6 Å². The Morgan fingerprint density at radius 3 is 2.33 bits per heavy atom. The number of para-hydroxylation sites is 1. The highest BCUT2D eigenvalue weighted by Gasteiger charge is 2.09. The summed E-state index contributed by atoms with van der Waals surface area (Å²) in [6.45, 7) is 1.34. The zero-order chi connectivity index (χ0) is 15.2. The largest absolute Gasteiger partial charge is 0.398 e. The molecule has 0 aromatic heterocycles. The van der Waals surface area contributed by atoms with Crippen molar-refractivity contribution in [1.29, 1.82) is 0 Å². The van der Waals surface area contributed by atoms with Crippen LogP contribution >= 0.6 is 0 Å². The maximum atomic E-state index is 12.2. The number of carbonyl (C=O) groups excluding carboxylic acids is 1. The van der Waals surface area contributed by atoms with Crippen LogP contribution in [0.15, 0.2) is 48.5 Å². The van der Waals surface area contributed by atoms with Gasteiger partial charge in [-0.1, -0.05) is 36.4 Å². The molecule has 0 saturated carbocycles. The average Bonchev–Trinajstić information content (AvgIpc) is 2.46. The van der Waals surface area contributed by atoms with E-state index in [9.17, 15) is 4.79 Å². The van der Waals surface area contributed by atoms with Crippen LogP contribution in [0.3, 0.4) is 0 Å². The summed E-state index contributed by atoms with van der Waals surface area (Å²) in [7, 11) is 4.06. The van der Waals surface area contributed by atoms with Crippen molar-refractivity contribution in [3.05, 3.63) is 65.2 Å². The third-order valence-electron chi connectivity index (χ3n) is 3.25. The molecule has 0 unspecified atom stereocenters. The first-order chi connectivity index (χ1) is 10.1. The van der Waals surface area contributed by atoms with E-state index in [1.54, 1.807) is 12.1 Å². The molecule has 0 aliphatic carbocycles. The van der Waals surface area contributed by atoms with Crippen molar-refractivity contribution in [3.8, 4) is 0 Å². The van der Waals surface area contributed by atoms with E-state index in [0.29, 0.717) is 17.8 Å². The van der Waals surface area contributed by atoms with Gasteiger partial charge in [0, 0.05) is 18.8 Å². The van der Waals surface area contributed by atoms with Crippen molar-refractivity contribution in [2.75, 3.05) is 19.8 Å². The number of carbonyl (C=O) groups is 1. The van der Waals surface area contributed by atoms with E-state index in [1.165, 1.54) is 5.56 Å². The van der Waals surface area contributed by atoms with Gasteiger partial charge in [-0.15, -0.1) is 0 Å². The summed E-state index contributed by atoms with van der Waals surface area (Å²) in [5.41, 5.74) is 9.16. The Bertz CT molecular complexity index is 623. The number of nitrogens with zero attached hydrogens (tertiary/aromatic N) is 1. The van der Waals surface area contributed by atoms with E-state index in [-0.39, 0.29) is 5.91 Å². The van der Waals surface area contributed by atoms with Crippen LogP contribution in [0.2, 0.25) is 0 Å². The molecular formula is C17H21N3O. The normalized spacial score (nSPS) is 10.6. The fourth-order valence-electron chi connectivity index (χ4n) is 2.20. The Kier molecular flexibility index (Phi) is 4.95. The van der Waals surface area contributed by atoms with E-state index >= 15 is 0 Å². The second-order valence-electron chi connectivity index (χ2n) is 5.28. The van der Waals surface area contributed by atoms with E-state index in [2.05, 4.69) is 16.3 Å². The predicted molar refractivity (Wildman–Crippen MR) is 85.9 cm³/mol. The number of benzene rings is 2. The second kappa shape index (κ2) is 6.90. The van der Waals surface area contributed by atoms with Crippen LogP contribution in [0.1, 0.15) is 21.5 Å². The van der Waals surface area contributed by atoms with Crippen LogP contribution in [0.4, 0.5) is 5.69 Å². The molecule has 0 bridgehead atoms. The van der Waals surface area contributed by atoms with Crippen LogP contribution in [0.25, 0.3) is 0 Å². The fraction of sp³-hybridized carbons (Fsp3) is 0.235. The van der Waals surface area contributed by atoms with Crippen LogP contribution in [0.5, 0.6) is 0 Å². The van der Waals surface area contributed by atoms with Crippen molar-refractivity contribution in [3.63, 3.8) is 0 Å². The minimum absolute atomic E-state index is 0.146. The lowest BCUT2D eigenvalue weighted by Gasteiger charge is -2.15. The maximum absolute atomic E-state index is 12.2. The van der Waals surface area contributed by atoms with E-state index in [1.807, 2.05) is 44.4 Å². The number of nitrogens with one attached hydrogen (secondary N) is 1. The number of anilines is 1. The molecule has 0 aliphatic rings. The summed E-state index contributed by atoms with van der Waals surface area (Å²) in [5.74, 6) is -0.146. The Hall–Kier alpha value is -2.33. The number of rotatable bonds is 5. The van der Waals surface area contributed by atoms with Gasteiger partial charge in [-0.25, -0.2) is 0 Å². The lowest BCUT2D eigenvalue weighted by molar-refractivity contribution is 0.0951. The smallest absolute Gasteiger partial charge is 0.253 e. The van der Waals surface area contributed by atoms with Crippen LogP contribution in [-0.4, -0.2) is 24.9 Å². The summed E-state index contributed by atoms with van der Waals surface area (Å²) in [4.78, 5) is 14.3. The first-order valence-electron chi connectivity index (χ1n) is 6.92. The Morgan fingerprint density at radius 2 is 1.67 bits per heavy atom.